The van der Waals surface area contributed by atoms with Crippen LogP contribution >= 0.6 is 0 Å². The highest BCUT2D eigenvalue weighted by molar-refractivity contribution is 5.41. The Morgan fingerprint density at radius 3 is 3.25 bits per heavy atom. The summed E-state index contributed by atoms with van der Waals surface area (Å²) in [4.78, 5) is 4.13. The molecule has 0 aliphatic carbocycles. The van der Waals surface area contributed by atoms with E-state index >= 15 is 0 Å². The van der Waals surface area contributed by atoms with Gasteiger partial charge in [0.05, 0.1) is 12.8 Å². The third kappa shape index (κ3) is 1.13. The highest BCUT2D eigenvalue weighted by atomic mass is 16.5. The third-order valence-electron chi connectivity index (χ3n) is 1.67. The molecule has 2 heterocycles. The van der Waals surface area contributed by atoms with Gasteiger partial charge in [0.2, 0.25) is 0 Å². The summed E-state index contributed by atoms with van der Waals surface area (Å²) in [6.07, 6.45) is 5.59. The van der Waals surface area contributed by atoms with E-state index in [1.54, 1.807) is 6.20 Å². The van der Waals surface area contributed by atoms with E-state index in [1.807, 2.05) is 35.9 Å². The molecule has 0 amide bonds. The van der Waals surface area contributed by atoms with Crippen molar-refractivity contribution in [1.29, 1.82) is 0 Å². The summed E-state index contributed by atoms with van der Waals surface area (Å²) in [6, 6.07) is 3.86. The Labute approximate surface area is 70.6 Å². The fourth-order valence-electron chi connectivity index (χ4n) is 1.15. The number of ether oxygens (including phenoxy) is 1. The van der Waals surface area contributed by atoms with Crippen molar-refractivity contribution in [3.63, 3.8) is 0 Å². The standard InChI is InChI=1S/C9H10N2O/c1-2-12-8-3-4-9-10-5-6-11(9)7-8/h3-7H,2H2,1H3. The van der Waals surface area contributed by atoms with Gasteiger partial charge in [0, 0.05) is 12.4 Å². The van der Waals surface area contributed by atoms with Crippen LogP contribution in [0, 0.1) is 0 Å². The lowest BCUT2D eigenvalue weighted by Crippen LogP contribution is -1.93. The van der Waals surface area contributed by atoms with Crippen molar-refractivity contribution in [2.24, 2.45) is 0 Å². The summed E-state index contributed by atoms with van der Waals surface area (Å²) in [5, 5.41) is 0. The molecule has 3 heteroatoms. The van der Waals surface area contributed by atoms with Crippen LogP contribution in [0.3, 0.4) is 0 Å². The maximum atomic E-state index is 5.33. The molecule has 0 fully saturated rings. The molecule has 0 N–H and O–H groups in total. The predicted molar refractivity (Wildman–Crippen MR) is 46.4 cm³/mol. The van der Waals surface area contributed by atoms with E-state index < -0.39 is 0 Å². The van der Waals surface area contributed by atoms with Crippen molar-refractivity contribution in [3.8, 4) is 5.75 Å². The second-order valence-corrected chi connectivity index (χ2v) is 2.49. The van der Waals surface area contributed by atoms with Crippen molar-refractivity contribution < 1.29 is 4.74 Å². The van der Waals surface area contributed by atoms with Crippen LogP contribution in [-0.2, 0) is 0 Å². The fraction of sp³-hybridized carbons (Fsp3) is 0.222. The average molecular weight is 162 g/mol. The summed E-state index contributed by atoms with van der Waals surface area (Å²) in [5.41, 5.74) is 0.943. The first-order valence-electron chi connectivity index (χ1n) is 3.95. The van der Waals surface area contributed by atoms with Crippen LogP contribution in [0.1, 0.15) is 6.92 Å². The molecular weight excluding hydrogens is 152 g/mol. The molecule has 0 atom stereocenters. The second kappa shape index (κ2) is 2.85. The van der Waals surface area contributed by atoms with Crippen LogP contribution in [0.15, 0.2) is 30.7 Å². The van der Waals surface area contributed by atoms with E-state index in [4.69, 9.17) is 4.74 Å². The summed E-state index contributed by atoms with van der Waals surface area (Å²) in [5.74, 6) is 0.878. The monoisotopic (exact) mass is 162 g/mol. The molecule has 0 aliphatic rings. The lowest BCUT2D eigenvalue weighted by atomic mass is 10.4. The zero-order valence-corrected chi connectivity index (χ0v) is 6.90. The zero-order chi connectivity index (χ0) is 8.39. The van der Waals surface area contributed by atoms with Gasteiger partial charge in [-0.05, 0) is 19.1 Å². The Bertz CT molecular complexity index is 381. The Morgan fingerprint density at radius 1 is 1.50 bits per heavy atom. The molecule has 62 valence electrons. The zero-order valence-electron chi connectivity index (χ0n) is 6.90. The molecular formula is C9H10N2O. The Balaban J connectivity index is 2.46. The SMILES string of the molecule is CCOc1ccc2nccn2c1. The Morgan fingerprint density at radius 2 is 2.42 bits per heavy atom. The van der Waals surface area contributed by atoms with Crippen LogP contribution in [0.25, 0.3) is 5.65 Å². The van der Waals surface area contributed by atoms with E-state index in [2.05, 4.69) is 4.98 Å². The smallest absolute Gasteiger partial charge is 0.136 e. The van der Waals surface area contributed by atoms with Crippen molar-refractivity contribution in [3.05, 3.63) is 30.7 Å². The summed E-state index contributed by atoms with van der Waals surface area (Å²) < 4.78 is 7.27. The lowest BCUT2D eigenvalue weighted by molar-refractivity contribution is 0.338. The maximum Gasteiger partial charge on any atom is 0.136 e. The van der Waals surface area contributed by atoms with Gasteiger partial charge in [0.1, 0.15) is 11.4 Å². The van der Waals surface area contributed by atoms with Crippen molar-refractivity contribution in [2.45, 2.75) is 6.92 Å². The number of pyridine rings is 1. The Hall–Kier alpha value is -1.51. The molecule has 2 aromatic rings. The molecule has 12 heavy (non-hydrogen) atoms. The van der Waals surface area contributed by atoms with Crippen LogP contribution < -0.4 is 4.74 Å². The second-order valence-electron chi connectivity index (χ2n) is 2.49. The highest BCUT2D eigenvalue weighted by Gasteiger charge is 1.95. The van der Waals surface area contributed by atoms with Crippen molar-refractivity contribution >= 4 is 5.65 Å². The first-order valence-corrected chi connectivity index (χ1v) is 3.95. The first kappa shape index (κ1) is 7.16. The van der Waals surface area contributed by atoms with E-state index in [-0.39, 0.29) is 0 Å². The topological polar surface area (TPSA) is 26.5 Å². The Kier molecular flexibility index (Phi) is 1.70. The van der Waals surface area contributed by atoms with E-state index in [0.29, 0.717) is 6.61 Å². The van der Waals surface area contributed by atoms with Crippen molar-refractivity contribution in [2.75, 3.05) is 6.61 Å². The largest absolute Gasteiger partial charge is 0.492 e. The molecule has 2 rings (SSSR count). The van der Waals surface area contributed by atoms with Crippen LogP contribution in [0.5, 0.6) is 5.75 Å². The summed E-state index contributed by atoms with van der Waals surface area (Å²) in [7, 11) is 0. The molecule has 0 spiro atoms. The van der Waals surface area contributed by atoms with E-state index in [9.17, 15) is 0 Å². The summed E-state index contributed by atoms with van der Waals surface area (Å²) >= 11 is 0. The van der Waals surface area contributed by atoms with E-state index in [1.165, 1.54) is 0 Å². The van der Waals surface area contributed by atoms with Gasteiger partial charge < -0.3 is 9.14 Å². The number of aromatic nitrogens is 2. The minimum atomic E-state index is 0.695. The van der Waals surface area contributed by atoms with Gasteiger partial charge >= 0.3 is 0 Å². The molecule has 0 aromatic carbocycles. The predicted octanol–water partition coefficient (Wildman–Crippen LogP) is 1.73. The lowest BCUT2D eigenvalue weighted by Gasteiger charge is -2.02. The molecule has 0 aliphatic heterocycles. The molecule has 0 unspecified atom stereocenters. The van der Waals surface area contributed by atoms with Gasteiger partial charge in [-0.2, -0.15) is 0 Å². The number of imidazole rings is 1. The first-order chi connectivity index (χ1) is 5.90. The van der Waals surface area contributed by atoms with Crippen LogP contribution in [0.2, 0.25) is 0 Å². The van der Waals surface area contributed by atoms with Gasteiger partial charge in [0.15, 0.2) is 0 Å². The molecule has 0 saturated carbocycles. The average Bonchev–Trinajstić information content (AvgIpc) is 2.51. The molecule has 0 bridgehead atoms. The summed E-state index contributed by atoms with van der Waals surface area (Å²) in [6.45, 7) is 2.66. The number of rotatable bonds is 2. The molecule has 3 nitrogen and oxygen atoms in total. The van der Waals surface area contributed by atoms with Gasteiger partial charge in [-0.1, -0.05) is 0 Å². The van der Waals surface area contributed by atoms with E-state index in [0.717, 1.165) is 11.4 Å². The minimum Gasteiger partial charge on any atom is -0.492 e. The van der Waals surface area contributed by atoms with Gasteiger partial charge in [0.25, 0.3) is 0 Å². The number of hydrogen-bond acceptors (Lipinski definition) is 2. The molecule has 0 radical (unpaired) electrons. The number of fused-ring (bicyclic) bond motifs is 1. The number of nitrogens with zero attached hydrogens (tertiary/aromatic N) is 2. The third-order valence-corrected chi connectivity index (χ3v) is 1.67. The fourth-order valence-corrected chi connectivity index (χ4v) is 1.15. The maximum absolute atomic E-state index is 5.33. The minimum absolute atomic E-state index is 0.695. The normalized spacial score (nSPS) is 10.4. The quantitative estimate of drug-likeness (QED) is 0.672. The van der Waals surface area contributed by atoms with Gasteiger partial charge in [-0.3, -0.25) is 0 Å². The highest BCUT2D eigenvalue weighted by Crippen LogP contribution is 2.11. The van der Waals surface area contributed by atoms with Gasteiger partial charge in [-0.15, -0.1) is 0 Å². The van der Waals surface area contributed by atoms with Gasteiger partial charge in [-0.25, -0.2) is 4.98 Å². The van der Waals surface area contributed by atoms with Crippen LogP contribution in [-0.4, -0.2) is 16.0 Å². The molecule has 0 saturated heterocycles. The van der Waals surface area contributed by atoms with Crippen molar-refractivity contribution in [1.82, 2.24) is 9.38 Å². The molecule has 2 aromatic heterocycles. The number of hydrogen-bond donors (Lipinski definition) is 0. The van der Waals surface area contributed by atoms with Crippen LogP contribution in [0.4, 0.5) is 0 Å².